The standard InChI is InChI=1S/C47H61N9O5S/c1-30-10-12-37-36(21-30)49-43(62-37)51-40-31(2)33-9-6-16-55(41(33)53-52-40)38-13-11-34(39(50-38)42(59)60)35-22-48-56(32(35)3)29-46-24-44(4)23-45(5,25-46)27-47(26-44,28-46)61-20-17-54(14-7-18-57)15-8-19-58/h10-13,21-22,57-58H,6-9,14-20,23-29H2,1-5H3,(H,59,60)(H,49,51,52). The average molecular weight is 864 g/mol. The van der Waals surface area contributed by atoms with Gasteiger partial charge in [0.2, 0.25) is 0 Å². The summed E-state index contributed by atoms with van der Waals surface area (Å²) in [6.45, 7) is 15.8. The molecule has 0 amide bonds. The molecule has 2 unspecified atom stereocenters. The molecular formula is C47H61N9O5S. The minimum absolute atomic E-state index is 0.00121. The van der Waals surface area contributed by atoms with Gasteiger partial charge in [-0.3, -0.25) is 4.68 Å². The van der Waals surface area contributed by atoms with Gasteiger partial charge >= 0.3 is 5.97 Å². The molecule has 5 aliphatic rings. The first-order chi connectivity index (χ1) is 29.7. The molecule has 5 aromatic rings. The predicted octanol–water partition coefficient (Wildman–Crippen LogP) is 8.00. The molecule has 1 aromatic carbocycles. The molecule has 15 heteroatoms. The van der Waals surface area contributed by atoms with Crippen LogP contribution in [0.3, 0.4) is 0 Å². The summed E-state index contributed by atoms with van der Waals surface area (Å²) in [5.74, 6) is 0.791. The van der Waals surface area contributed by atoms with Gasteiger partial charge in [0.1, 0.15) is 5.82 Å². The third-order valence-electron chi connectivity index (χ3n) is 14.1. The number of hydrogen-bond acceptors (Lipinski definition) is 13. The second kappa shape index (κ2) is 16.5. The quantitative estimate of drug-likeness (QED) is 0.0709. The number of anilines is 4. The Morgan fingerprint density at radius 2 is 1.68 bits per heavy atom. The monoisotopic (exact) mass is 863 g/mol. The number of carbonyl (C=O) groups is 1. The SMILES string of the molecule is Cc1ccc2sc(Nc3nnc4c(c3C)CCCN4c3ccc(-c4cnn(CC56CC7(C)CC(C)(C5)CC(OCCN(CCCO)CCCO)(C7)C6)c4C)c(C(=O)O)n3)nc2c1. The van der Waals surface area contributed by atoms with Crippen LogP contribution in [-0.4, -0.2) is 108 Å². The van der Waals surface area contributed by atoms with Gasteiger partial charge in [-0.05, 0) is 131 Å². The lowest BCUT2D eigenvalue weighted by Gasteiger charge is -2.69. The second-order valence-corrected chi connectivity index (χ2v) is 20.8. The smallest absolute Gasteiger partial charge is 0.355 e. The van der Waals surface area contributed by atoms with E-state index < -0.39 is 5.97 Å². The Kier molecular flexibility index (Phi) is 11.4. The van der Waals surface area contributed by atoms with Crippen molar-refractivity contribution in [2.24, 2.45) is 16.2 Å². The Morgan fingerprint density at radius 3 is 2.40 bits per heavy atom. The van der Waals surface area contributed by atoms with Crippen LogP contribution in [0.2, 0.25) is 0 Å². The molecule has 14 nitrogen and oxygen atoms in total. The topological polar surface area (TPSA) is 175 Å². The van der Waals surface area contributed by atoms with E-state index >= 15 is 0 Å². The van der Waals surface area contributed by atoms with Crippen LogP contribution in [0.25, 0.3) is 21.3 Å². The number of benzene rings is 1. The maximum atomic E-state index is 13.0. The van der Waals surface area contributed by atoms with E-state index in [9.17, 15) is 20.1 Å². The van der Waals surface area contributed by atoms with E-state index in [0.29, 0.717) is 49.0 Å². The van der Waals surface area contributed by atoms with E-state index in [4.69, 9.17) is 19.8 Å². The first-order valence-corrected chi connectivity index (χ1v) is 23.2. The third-order valence-corrected chi connectivity index (χ3v) is 15.1. The van der Waals surface area contributed by atoms with Gasteiger partial charge in [0.15, 0.2) is 22.5 Å². The molecule has 4 saturated carbocycles. The molecule has 2 atom stereocenters. The van der Waals surface area contributed by atoms with Gasteiger partial charge in [0.05, 0.1) is 28.6 Å². The highest BCUT2D eigenvalue weighted by Crippen LogP contribution is 2.72. The van der Waals surface area contributed by atoms with E-state index in [1.165, 1.54) is 6.42 Å². The first kappa shape index (κ1) is 42.7. The van der Waals surface area contributed by atoms with Crippen LogP contribution in [0.15, 0.2) is 36.5 Å². The largest absolute Gasteiger partial charge is 0.476 e. The summed E-state index contributed by atoms with van der Waals surface area (Å²) in [4.78, 5) is 26.9. The molecule has 4 fully saturated rings. The normalized spacial score (nSPS) is 25.3. The maximum absolute atomic E-state index is 13.0. The second-order valence-electron chi connectivity index (χ2n) is 19.7. The lowest BCUT2D eigenvalue weighted by Crippen LogP contribution is -2.64. The zero-order valence-corrected chi connectivity index (χ0v) is 37.7. The van der Waals surface area contributed by atoms with Crippen molar-refractivity contribution >= 4 is 50.1 Å². The van der Waals surface area contributed by atoms with Crippen molar-refractivity contribution in [3.63, 3.8) is 0 Å². The highest BCUT2D eigenvalue weighted by Gasteiger charge is 2.66. The fourth-order valence-electron chi connectivity index (χ4n) is 12.7. The van der Waals surface area contributed by atoms with Crippen LogP contribution >= 0.6 is 11.3 Å². The van der Waals surface area contributed by atoms with Crippen molar-refractivity contribution < 1.29 is 24.9 Å². The zero-order chi connectivity index (χ0) is 43.4. The minimum atomic E-state index is -1.09. The molecule has 0 saturated heterocycles. The average Bonchev–Trinajstić information content (AvgIpc) is 3.78. The number of aliphatic hydroxyl groups excluding tert-OH is 2. The molecular weight excluding hydrogens is 803 g/mol. The van der Waals surface area contributed by atoms with Gasteiger partial charge in [-0.2, -0.15) is 5.10 Å². The number of aromatic carboxylic acids is 1. The van der Waals surface area contributed by atoms with E-state index in [0.717, 1.165) is 114 Å². The number of nitrogens with one attached hydrogen (secondary N) is 1. The Hall–Kier alpha value is -4.54. The van der Waals surface area contributed by atoms with Crippen molar-refractivity contribution in [3.8, 4) is 11.1 Å². The number of hydrogen-bond donors (Lipinski definition) is 4. The summed E-state index contributed by atoms with van der Waals surface area (Å²) in [7, 11) is 0. The molecule has 4 bridgehead atoms. The van der Waals surface area contributed by atoms with Crippen LogP contribution in [0.5, 0.6) is 0 Å². The highest BCUT2D eigenvalue weighted by molar-refractivity contribution is 7.22. The summed E-state index contributed by atoms with van der Waals surface area (Å²) < 4.78 is 10.2. The van der Waals surface area contributed by atoms with Crippen LogP contribution in [0.1, 0.15) is 105 Å². The molecule has 0 spiro atoms. The number of aryl methyl sites for hydroxylation is 1. The fourth-order valence-corrected chi connectivity index (χ4v) is 13.6. The number of rotatable bonds is 17. The van der Waals surface area contributed by atoms with Crippen molar-refractivity contribution in [1.82, 2.24) is 34.8 Å². The van der Waals surface area contributed by atoms with Crippen molar-refractivity contribution in [2.75, 3.05) is 56.2 Å². The number of fused-ring (bicyclic) bond motifs is 2. The Balaban J connectivity index is 0.944. The number of pyridine rings is 1. The summed E-state index contributed by atoms with van der Waals surface area (Å²) in [5.41, 5.74) is 6.53. The number of ether oxygens (including phenoxy) is 1. The number of nitrogens with zero attached hydrogens (tertiary/aromatic N) is 8. The number of carboxylic acid groups (broad SMARTS) is 1. The molecule has 4 aliphatic carbocycles. The number of aliphatic hydroxyl groups is 2. The predicted molar refractivity (Wildman–Crippen MR) is 242 cm³/mol. The van der Waals surface area contributed by atoms with Gasteiger partial charge in [0, 0.05) is 73.9 Å². The third kappa shape index (κ3) is 8.22. The molecule has 1 aliphatic heterocycles. The fraction of sp³-hybridized carbons (Fsp3) is 0.574. The Labute approximate surface area is 367 Å². The van der Waals surface area contributed by atoms with Gasteiger partial charge in [-0.25, -0.2) is 14.8 Å². The lowest BCUT2D eigenvalue weighted by molar-refractivity contribution is -0.248. The van der Waals surface area contributed by atoms with Crippen molar-refractivity contribution in [2.45, 2.75) is 111 Å². The minimum Gasteiger partial charge on any atom is -0.476 e. The van der Waals surface area contributed by atoms with Crippen LogP contribution < -0.4 is 10.2 Å². The van der Waals surface area contributed by atoms with Crippen LogP contribution in [-0.2, 0) is 17.7 Å². The summed E-state index contributed by atoms with van der Waals surface area (Å²) >= 11 is 1.58. The van der Waals surface area contributed by atoms with E-state index in [1.807, 2.05) is 37.1 Å². The Morgan fingerprint density at radius 1 is 0.919 bits per heavy atom. The molecule has 330 valence electrons. The molecule has 5 heterocycles. The lowest BCUT2D eigenvalue weighted by atomic mass is 9.39. The number of thiazole rings is 1. The molecule has 0 radical (unpaired) electrons. The van der Waals surface area contributed by atoms with Gasteiger partial charge < -0.3 is 35.2 Å². The highest BCUT2D eigenvalue weighted by atomic mass is 32.1. The zero-order valence-electron chi connectivity index (χ0n) is 36.8. The summed E-state index contributed by atoms with van der Waals surface area (Å²) in [5, 5.41) is 47.9. The van der Waals surface area contributed by atoms with Crippen molar-refractivity contribution in [1.29, 1.82) is 0 Å². The van der Waals surface area contributed by atoms with Gasteiger partial charge in [-0.15, -0.1) is 10.2 Å². The Bertz CT molecular complexity index is 2460. The molecule has 4 aromatic heterocycles. The van der Waals surface area contributed by atoms with E-state index in [-0.39, 0.29) is 40.8 Å². The maximum Gasteiger partial charge on any atom is 0.355 e. The van der Waals surface area contributed by atoms with E-state index in [2.05, 4.69) is 64.1 Å². The van der Waals surface area contributed by atoms with Crippen LogP contribution in [0.4, 0.5) is 22.6 Å². The van der Waals surface area contributed by atoms with Crippen LogP contribution in [0, 0.1) is 37.0 Å². The summed E-state index contributed by atoms with van der Waals surface area (Å²) in [6, 6.07) is 10.0. The molecule has 10 rings (SSSR count). The van der Waals surface area contributed by atoms with Gasteiger partial charge in [0.25, 0.3) is 0 Å². The summed E-state index contributed by atoms with van der Waals surface area (Å²) in [6.07, 6.45) is 11.4. The molecule has 62 heavy (non-hydrogen) atoms. The number of carboxylic acids is 1. The molecule has 4 N–H and O–H groups in total. The first-order valence-electron chi connectivity index (χ1n) is 22.4. The number of aromatic nitrogens is 6. The van der Waals surface area contributed by atoms with Crippen molar-refractivity contribution in [3.05, 3.63) is 64.6 Å². The van der Waals surface area contributed by atoms with E-state index in [1.54, 1.807) is 11.3 Å². The van der Waals surface area contributed by atoms with Gasteiger partial charge in [-0.1, -0.05) is 31.3 Å².